The van der Waals surface area contributed by atoms with E-state index in [9.17, 15) is 9.90 Å². The van der Waals surface area contributed by atoms with Crippen LogP contribution in [-0.4, -0.2) is 78.1 Å². The zero-order valence-electron chi connectivity index (χ0n) is 15.7. The normalized spacial score (nSPS) is 29.0. The second-order valence-electron chi connectivity index (χ2n) is 8.28. The van der Waals surface area contributed by atoms with Crippen LogP contribution in [0.2, 0.25) is 0 Å². The first kappa shape index (κ1) is 19.5. The topological polar surface area (TPSA) is 62.2 Å². The van der Waals surface area contributed by atoms with Crippen LogP contribution in [0.4, 0.5) is 4.79 Å². The van der Waals surface area contributed by atoms with E-state index in [1.165, 1.54) is 0 Å². The SMILES string of the molecule is CCOCC1CCN(CC2(O)CCCN(C(=O)OC(C)(C)C)C2)C1. The summed E-state index contributed by atoms with van der Waals surface area (Å²) in [6.07, 6.45) is 2.34. The van der Waals surface area contributed by atoms with Crippen LogP contribution >= 0.6 is 0 Å². The standard InChI is InChI=1S/C18H34N2O4/c1-5-23-12-15-7-10-19(11-15)13-18(22)8-6-9-20(14-18)16(21)24-17(2,3)4/h15,22H,5-14H2,1-4H3. The number of carbonyl (C=O) groups excluding carboxylic acids is 1. The van der Waals surface area contributed by atoms with Gasteiger partial charge in [0.1, 0.15) is 5.60 Å². The molecule has 6 heteroatoms. The summed E-state index contributed by atoms with van der Waals surface area (Å²) in [5.41, 5.74) is -1.34. The fourth-order valence-electron chi connectivity index (χ4n) is 3.62. The van der Waals surface area contributed by atoms with Crippen molar-refractivity contribution >= 4 is 6.09 Å². The van der Waals surface area contributed by atoms with Crippen LogP contribution in [0.15, 0.2) is 0 Å². The Hall–Kier alpha value is -0.850. The minimum atomic E-state index is -0.838. The second-order valence-corrected chi connectivity index (χ2v) is 8.28. The largest absolute Gasteiger partial charge is 0.444 e. The minimum absolute atomic E-state index is 0.323. The van der Waals surface area contributed by atoms with Gasteiger partial charge in [0.25, 0.3) is 0 Å². The van der Waals surface area contributed by atoms with E-state index in [1.54, 1.807) is 4.90 Å². The number of nitrogens with zero attached hydrogens (tertiary/aromatic N) is 2. The molecule has 0 aromatic carbocycles. The maximum atomic E-state index is 12.3. The van der Waals surface area contributed by atoms with Crippen molar-refractivity contribution in [2.75, 3.05) is 45.9 Å². The third-order valence-electron chi connectivity index (χ3n) is 4.65. The molecule has 0 spiro atoms. The van der Waals surface area contributed by atoms with Crippen molar-refractivity contribution in [3.05, 3.63) is 0 Å². The number of hydrogen-bond acceptors (Lipinski definition) is 5. The lowest BCUT2D eigenvalue weighted by Crippen LogP contribution is -2.56. The third kappa shape index (κ3) is 5.90. The Morgan fingerprint density at radius 2 is 2.08 bits per heavy atom. The molecule has 2 saturated heterocycles. The van der Waals surface area contributed by atoms with E-state index in [2.05, 4.69) is 4.90 Å². The molecule has 0 aromatic rings. The van der Waals surface area contributed by atoms with Gasteiger partial charge >= 0.3 is 6.09 Å². The Bertz CT molecular complexity index is 424. The summed E-state index contributed by atoms with van der Waals surface area (Å²) >= 11 is 0. The first-order valence-corrected chi connectivity index (χ1v) is 9.21. The summed E-state index contributed by atoms with van der Waals surface area (Å²) in [4.78, 5) is 16.2. The van der Waals surface area contributed by atoms with Gasteiger partial charge in [-0.3, -0.25) is 0 Å². The Morgan fingerprint density at radius 1 is 1.33 bits per heavy atom. The number of carbonyl (C=O) groups is 1. The van der Waals surface area contributed by atoms with E-state index in [0.717, 1.165) is 45.6 Å². The highest BCUT2D eigenvalue weighted by molar-refractivity contribution is 5.68. The fourth-order valence-corrected chi connectivity index (χ4v) is 3.62. The molecule has 0 aliphatic carbocycles. The highest BCUT2D eigenvalue weighted by Crippen LogP contribution is 2.26. The molecule has 2 heterocycles. The van der Waals surface area contributed by atoms with Crippen LogP contribution in [0, 0.1) is 5.92 Å². The van der Waals surface area contributed by atoms with Gasteiger partial charge in [-0.05, 0) is 59.4 Å². The third-order valence-corrected chi connectivity index (χ3v) is 4.65. The second kappa shape index (κ2) is 8.02. The number of likely N-dealkylation sites (tertiary alicyclic amines) is 2. The van der Waals surface area contributed by atoms with Crippen molar-refractivity contribution in [1.82, 2.24) is 9.80 Å². The van der Waals surface area contributed by atoms with Gasteiger partial charge in [-0.1, -0.05) is 0 Å². The van der Waals surface area contributed by atoms with Crippen molar-refractivity contribution in [2.45, 2.75) is 58.2 Å². The fraction of sp³-hybridized carbons (Fsp3) is 0.944. The van der Waals surface area contributed by atoms with Crippen molar-refractivity contribution in [3.8, 4) is 0 Å². The summed E-state index contributed by atoms with van der Waals surface area (Å²) in [5.74, 6) is 0.555. The molecule has 0 aromatic heterocycles. The van der Waals surface area contributed by atoms with Crippen LogP contribution in [-0.2, 0) is 9.47 Å². The molecule has 24 heavy (non-hydrogen) atoms. The van der Waals surface area contributed by atoms with Crippen molar-refractivity contribution in [3.63, 3.8) is 0 Å². The predicted octanol–water partition coefficient (Wildman–Crippen LogP) is 2.11. The van der Waals surface area contributed by atoms with Gasteiger partial charge in [0.2, 0.25) is 0 Å². The minimum Gasteiger partial charge on any atom is -0.444 e. The van der Waals surface area contributed by atoms with Gasteiger partial charge in [0.05, 0.1) is 18.8 Å². The molecule has 2 rings (SSSR count). The number of aliphatic hydroxyl groups is 1. The van der Waals surface area contributed by atoms with E-state index in [4.69, 9.17) is 9.47 Å². The van der Waals surface area contributed by atoms with Crippen molar-refractivity contribution in [1.29, 1.82) is 0 Å². The zero-order chi connectivity index (χ0) is 17.8. The first-order chi connectivity index (χ1) is 11.2. The van der Waals surface area contributed by atoms with Crippen LogP contribution in [0.3, 0.4) is 0 Å². The Kier molecular flexibility index (Phi) is 6.51. The molecule has 2 atom stereocenters. The summed E-state index contributed by atoms with van der Waals surface area (Å²) in [6, 6.07) is 0. The summed E-state index contributed by atoms with van der Waals surface area (Å²) in [5, 5.41) is 11.0. The molecule has 2 aliphatic heterocycles. The van der Waals surface area contributed by atoms with Crippen LogP contribution in [0.5, 0.6) is 0 Å². The summed E-state index contributed by atoms with van der Waals surface area (Å²) in [6.45, 7) is 12.8. The maximum Gasteiger partial charge on any atom is 0.410 e. The molecular weight excluding hydrogens is 308 g/mol. The number of ether oxygens (including phenoxy) is 2. The monoisotopic (exact) mass is 342 g/mol. The molecule has 0 bridgehead atoms. The molecule has 0 radical (unpaired) electrons. The molecule has 1 N–H and O–H groups in total. The number of hydrogen-bond donors (Lipinski definition) is 1. The summed E-state index contributed by atoms with van der Waals surface area (Å²) in [7, 11) is 0. The van der Waals surface area contributed by atoms with E-state index in [0.29, 0.717) is 25.6 Å². The van der Waals surface area contributed by atoms with Crippen LogP contribution in [0.25, 0.3) is 0 Å². The van der Waals surface area contributed by atoms with Crippen LogP contribution < -0.4 is 0 Å². The number of amides is 1. The molecule has 2 fully saturated rings. The Morgan fingerprint density at radius 3 is 2.75 bits per heavy atom. The van der Waals surface area contributed by atoms with Gasteiger partial charge in [0, 0.05) is 26.2 Å². The van der Waals surface area contributed by atoms with Crippen LogP contribution in [0.1, 0.15) is 47.0 Å². The average molecular weight is 342 g/mol. The van der Waals surface area contributed by atoms with Gasteiger partial charge in [0.15, 0.2) is 0 Å². The smallest absolute Gasteiger partial charge is 0.410 e. The molecular formula is C18H34N2O4. The van der Waals surface area contributed by atoms with Gasteiger partial charge in [-0.15, -0.1) is 0 Å². The van der Waals surface area contributed by atoms with E-state index in [1.807, 2.05) is 27.7 Å². The first-order valence-electron chi connectivity index (χ1n) is 9.21. The lowest BCUT2D eigenvalue weighted by Gasteiger charge is -2.41. The van der Waals surface area contributed by atoms with E-state index < -0.39 is 11.2 Å². The molecule has 1 amide bonds. The number of piperidine rings is 1. The summed E-state index contributed by atoms with van der Waals surface area (Å²) < 4.78 is 11.0. The Labute approximate surface area is 146 Å². The average Bonchev–Trinajstić information content (AvgIpc) is 2.90. The van der Waals surface area contributed by atoms with Crippen molar-refractivity contribution < 1.29 is 19.4 Å². The highest BCUT2D eigenvalue weighted by Gasteiger charge is 2.39. The number of rotatable bonds is 5. The maximum absolute atomic E-state index is 12.3. The predicted molar refractivity (Wildman–Crippen MR) is 93.0 cm³/mol. The molecule has 6 nitrogen and oxygen atoms in total. The van der Waals surface area contributed by atoms with Gasteiger partial charge in [-0.2, -0.15) is 0 Å². The zero-order valence-corrected chi connectivity index (χ0v) is 15.7. The van der Waals surface area contributed by atoms with Crippen molar-refractivity contribution in [2.24, 2.45) is 5.92 Å². The van der Waals surface area contributed by atoms with E-state index >= 15 is 0 Å². The van der Waals surface area contributed by atoms with E-state index in [-0.39, 0.29) is 6.09 Å². The number of β-amino-alcohol motifs (C(OH)–C–C–N with tert-alkyl or cyclic N) is 1. The lowest BCUT2D eigenvalue weighted by atomic mass is 9.92. The highest BCUT2D eigenvalue weighted by atomic mass is 16.6. The van der Waals surface area contributed by atoms with Gasteiger partial charge < -0.3 is 24.4 Å². The quantitative estimate of drug-likeness (QED) is 0.829. The lowest BCUT2D eigenvalue weighted by molar-refractivity contribution is -0.0574. The molecule has 2 unspecified atom stereocenters. The van der Waals surface area contributed by atoms with Gasteiger partial charge in [-0.25, -0.2) is 4.79 Å². The Balaban J connectivity index is 1.85. The molecule has 2 aliphatic rings. The molecule has 0 saturated carbocycles. The molecule has 140 valence electrons.